The van der Waals surface area contributed by atoms with Gasteiger partial charge in [-0.25, -0.2) is 0 Å². The Bertz CT molecular complexity index is 114. The third-order valence-electron chi connectivity index (χ3n) is 3.09. The summed E-state index contributed by atoms with van der Waals surface area (Å²) in [5.41, 5.74) is 0.762. The molecule has 1 unspecified atom stereocenters. The van der Waals surface area contributed by atoms with Gasteiger partial charge in [-0.2, -0.15) is 0 Å². The predicted octanol–water partition coefficient (Wildman–Crippen LogP) is 1.82. The van der Waals surface area contributed by atoms with Crippen molar-refractivity contribution < 1.29 is 4.74 Å². The molecule has 0 aromatic heterocycles. The van der Waals surface area contributed by atoms with E-state index >= 15 is 0 Å². The van der Waals surface area contributed by atoms with Crippen LogP contribution in [0.5, 0.6) is 0 Å². The van der Waals surface area contributed by atoms with E-state index in [1.807, 2.05) is 0 Å². The number of hydrogen-bond acceptors (Lipinski definition) is 1. The van der Waals surface area contributed by atoms with Crippen LogP contribution >= 0.6 is 0 Å². The normalized spacial score (nSPS) is 39.0. The first-order valence-corrected chi connectivity index (χ1v) is 3.91. The fourth-order valence-corrected chi connectivity index (χ4v) is 2.03. The van der Waals surface area contributed by atoms with E-state index in [4.69, 9.17) is 4.74 Å². The van der Waals surface area contributed by atoms with E-state index in [0.29, 0.717) is 0 Å². The van der Waals surface area contributed by atoms with Crippen LogP contribution in [0.15, 0.2) is 0 Å². The first kappa shape index (κ1) is 5.72. The zero-order chi connectivity index (χ0) is 6.32. The lowest BCUT2D eigenvalue weighted by atomic mass is 9.94. The zero-order valence-corrected chi connectivity index (χ0v) is 6.02. The van der Waals surface area contributed by atoms with Crippen molar-refractivity contribution in [1.82, 2.24) is 0 Å². The minimum atomic E-state index is 0.762. The maximum Gasteiger partial charge on any atom is 0.0471 e. The van der Waals surface area contributed by atoms with Gasteiger partial charge in [0.2, 0.25) is 0 Å². The summed E-state index contributed by atoms with van der Waals surface area (Å²) in [5.74, 6) is 1.00. The van der Waals surface area contributed by atoms with Crippen molar-refractivity contribution in [3.8, 4) is 0 Å². The quantitative estimate of drug-likeness (QED) is 0.481. The molecule has 1 aliphatic heterocycles. The maximum atomic E-state index is 5.29. The summed E-state index contributed by atoms with van der Waals surface area (Å²) in [6.45, 7) is 4.40. The Morgan fingerprint density at radius 3 is 2.22 bits per heavy atom. The first-order valence-electron chi connectivity index (χ1n) is 3.91. The average molecular weight is 126 g/mol. The van der Waals surface area contributed by atoms with Gasteiger partial charge in [0.1, 0.15) is 0 Å². The Kier molecular flexibility index (Phi) is 1.10. The second-order valence-electron chi connectivity index (χ2n) is 3.58. The molecule has 2 rings (SSSR count). The molecule has 1 nitrogen and oxygen atoms in total. The van der Waals surface area contributed by atoms with E-state index in [0.717, 1.165) is 24.5 Å². The maximum absolute atomic E-state index is 5.29. The summed E-state index contributed by atoms with van der Waals surface area (Å²) in [7, 11) is 0. The zero-order valence-electron chi connectivity index (χ0n) is 6.02. The van der Waals surface area contributed by atoms with Crippen molar-refractivity contribution in [2.45, 2.75) is 26.2 Å². The molecule has 1 saturated carbocycles. The molecule has 1 saturated heterocycles. The summed E-state index contributed by atoms with van der Waals surface area (Å²) in [6, 6.07) is 0. The van der Waals surface area contributed by atoms with Crippen LogP contribution in [0.25, 0.3) is 0 Å². The third-order valence-corrected chi connectivity index (χ3v) is 3.09. The Hall–Kier alpha value is -0.0400. The highest BCUT2D eigenvalue weighted by atomic mass is 16.5. The molecule has 1 aliphatic carbocycles. The molecule has 1 atom stereocenters. The van der Waals surface area contributed by atoms with Crippen LogP contribution in [0, 0.1) is 11.3 Å². The van der Waals surface area contributed by atoms with E-state index in [1.54, 1.807) is 0 Å². The SMILES string of the molecule is CC1CC12CCOCC2. The molecule has 0 amide bonds. The van der Waals surface area contributed by atoms with E-state index in [-0.39, 0.29) is 0 Å². The molecule has 1 heteroatoms. The van der Waals surface area contributed by atoms with Crippen molar-refractivity contribution in [1.29, 1.82) is 0 Å². The van der Waals surface area contributed by atoms with E-state index < -0.39 is 0 Å². The lowest BCUT2D eigenvalue weighted by molar-refractivity contribution is 0.0530. The smallest absolute Gasteiger partial charge is 0.0471 e. The summed E-state index contributed by atoms with van der Waals surface area (Å²) in [5, 5.41) is 0. The lowest BCUT2D eigenvalue weighted by Gasteiger charge is -2.21. The summed E-state index contributed by atoms with van der Waals surface area (Å²) < 4.78 is 5.29. The summed E-state index contributed by atoms with van der Waals surface area (Å²) in [4.78, 5) is 0. The first-order chi connectivity index (χ1) is 4.33. The van der Waals surface area contributed by atoms with E-state index in [1.165, 1.54) is 19.3 Å². The molecule has 52 valence electrons. The van der Waals surface area contributed by atoms with Gasteiger partial charge in [0.05, 0.1) is 0 Å². The topological polar surface area (TPSA) is 9.23 Å². The number of ether oxygens (including phenoxy) is 1. The molecule has 1 heterocycles. The molecule has 0 N–H and O–H groups in total. The molecular formula is C8H14O. The Morgan fingerprint density at radius 1 is 1.33 bits per heavy atom. The van der Waals surface area contributed by atoms with Crippen LogP contribution in [0.2, 0.25) is 0 Å². The Morgan fingerprint density at radius 2 is 1.89 bits per heavy atom. The molecule has 0 aromatic carbocycles. The molecule has 9 heavy (non-hydrogen) atoms. The number of hydrogen-bond donors (Lipinski definition) is 0. The molecule has 2 aliphatic rings. The molecule has 0 aromatic rings. The van der Waals surface area contributed by atoms with Gasteiger partial charge in [-0.1, -0.05) is 6.92 Å². The van der Waals surface area contributed by atoms with Gasteiger partial charge in [-0.15, -0.1) is 0 Å². The second-order valence-corrected chi connectivity index (χ2v) is 3.58. The highest BCUT2D eigenvalue weighted by molar-refractivity contribution is 5.00. The van der Waals surface area contributed by atoms with Crippen molar-refractivity contribution in [2.24, 2.45) is 11.3 Å². The van der Waals surface area contributed by atoms with Crippen molar-refractivity contribution in [2.75, 3.05) is 13.2 Å². The van der Waals surface area contributed by atoms with Crippen LogP contribution in [-0.4, -0.2) is 13.2 Å². The van der Waals surface area contributed by atoms with E-state index in [2.05, 4.69) is 6.92 Å². The van der Waals surface area contributed by atoms with Crippen LogP contribution in [-0.2, 0) is 4.74 Å². The van der Waals surface area contributed by atoms with Gasteiger partial charge in [-0.05, 0) is 30.6 Å². The summed E-state index contributed by atoms with van der Waals surface area (Å²) in [6.07, 6.45) is 4.12. The van der Waals surface area contributed by atoms with Crippen LogP contribution < -0.4 is 0 Å². The van der Waals surface area contributed by atoms with Crippen LogP contribution in [0.4, 0.5) is 0 Å². The highest BCUT2D eigenvalue weighted by Gasteiger charge is 2.50. The number of rotatable bonds is 0. The molecular weight excluding hydrogens is 112 g/mol. The monoisotopic (exact) mass is 126 g/mol. The standard InChI is InChI=1S/C8H14O/c1-7-6-8(7)2-4-9-5-3-8/h7H,2-6H2,1H3. The van der Waals surface area contributed by atoms with Crippen molar-refractivity contribution in [3.05, 3.63) is 0 Å². The largest absolute Gasteiger partial charge is 0.381 e. The molecule has 0 radical (unpaired) electrons. The molecule has 2 fully saturated rings. The fourth-order valence-electron chi connectivity index (χ4n) is 2.03. The van der Waals surface area contributed by atoms with Crippen LogP contribution in [0.3, 0.4) is 0 Å². The average Bonchev–Trinajstić information content (AvgIpc) is 2.44. The van der Waals surface area contributed by atoms with Crippen molar-refractivity contribution >= 4 is 0 Å². The van der Waals surface area contributed by atoms with Gasteiger partial charge in [0, 0.05) is 13.2 Å². The van der Waals surface area contributed by atoms with Gasteiger partial charge in [0.25, 0.3) is 0 Å². The van der Waals surface area contributed by atoms with Gasteiger partial charge in [-0.3, -0.25) is 0 Å². The highest BCUT2D eigenvalue weighted by Crippen LogP contribution is 2.58. The van der Waals surface area contributed by atoms with Gasteiger partial charge in [0.15, 0.2) is 0 Å². The van der Waals surface area contributed by atoms with Gasteiger partial charge >= 0.3 is 0 Å². The van der Waals surface area contributed by atoms with Crippen molar-refractivity contribution in [3.63, 3.8) is 0 Å². The Balaban J connectivity index is 1.97. The minimum absolute atomic E-state index is 0.762. The van der Waals surface area contributed by atoms with Crippen LogP contribution in [0.1, 0.15) is 26.2 Å². The second kappa shape index (κ2) is 1.72. The molecule has 1 spiro atoms. The molecule has 0 bridgehead atoms. The Labute approximate surface area is 56.4 Å². The van der Waals surface area contributed by atoms with E-state index in [9.17, 15) is 0 Å². The minimum Gasteiger partial charge on any atom is -0.381 e. The summed E-state index contributed by atoms with van der Waals surface area (Å²) >= 11 is 0. The third kappa shape index (κ3) is 0.787. The fraction of sp³-hybridized carbons (Fsp3) is 1.00. The lowest BCUT2D eigenvalue weighted by Crippen LogP contribution is -2.17. The predicted molar refractivity (Wildman–Crippen MR) is 36.3 cm³/mol. The van der Waals surface area contributed by atoms with Gasteiger partial charge < -0.3 is 4.74 Å².